The van der Waals surface area contributed by atoms with Crippen molar-refractivity contribution < 1.29 is 23.8 Å². The van der Waals surface area contributed by atoms with Gasteiger partial charge in [-0.2, -0.15) is 0 Å². The molecule has 0 amide bonds. The van der Waals surface area contributed by atoms with Gasteiger partial charge in [0.25, 0.3) is 0 Å². The van der Waals surface area contributed by atoms with E-state index in [2.05, 4.69) is 19.1 Å². The van der Waals surface area contributed by atoms with E-state index in [9.17, 15) is 9.59 Å². The molecule has 2 aliphatic rings. The fourth-order valence-electron chi connectivity index (χ4n) is 5.74. The minimum atomic E-state index is -1.23. The average Bonchev–Trinajstić information content (AvgIpc) is 3.01. The molecule has 0 saturated heterocycles. The maximum atomic E-state index is 13.7. The molecule has 0 bridgehead atoms. The molecule has 0 N–H and O–H groups in total. The number of nitrogens with zero attached hydrogens (tertiary/aromatic N) is 1. The van der Waals surface area contributed by atoms with Gasteiger partial charge in [-0.1, -0.05) is 67.6 Å². The van der Waals surface area contributed by atoms with Crippen LogP contribution in [0.15, 0.2) is 65.7 Å². The third kappa shape index (κ3) is 2.81. The first-order chi connectivity index (χ1) is 15.4. The van der Waals surface area contributed by atoms with Gasteiger partial charge in [0.2, 0.25) is 5.90 Å². The molecule has 6 heteroatoms. The molecule has 0 aromatic heterocycles. The normalized spacial score (nSPS) is 30.5. The van der Waals surface area contributed by atoms with E-state index in [1.165, 1.54) is 6.92 Å². The average molecular weight is 436 g/mol. The highest BCUT2D eigenvalue weighted by atomic mass is 16.6. The van der Waals surface area contributed by atoms with Gasteiger partial charge in [0.05, 0.1) is 13.2 Å². The number of ether oxygens (including phenoxy) is 3. The van der Waals surface area contributed by atoms with Crippen LogP contribution in [0.25, 0.3) is 0 Å². The van der Waals surface area contributed by atoms with Gasteiger partial charge in [0.1, 0.15) is 11.0 Å². The molecule has 1 aliphatic heterocycles. The van der Waals surface area contributed by atoms with Crippen molar-refractivity contribution in [1.82, 2.24) is 0 Å². The lowest BCUT2D eigenvalue weighted by Crippen LogP contribution is -2.74. The smallest absolute Gasteiger partial charge is 0.319 e. The van der Waals surface area contributed by atoms with E-state index in [1.54, 1.807) is 6.92 Å². The number of aliphatic imine (C=N–C) groups is 1. The Labute approximate surface area is 188 Å². The zero-order valence-electron chi connectivity index (χ0n) is 19.0. The van der Waals surface area contributed by atoms with Crippen molar-refractivity contribution >= 4 is 17.8 Å². The first kappa shape index (κ1) is 22.1. The quantitative estimate of drug-likeness (QED) is 0.637. The number of carbonyl (C=O) groups is 2. The molecule has 32 heavy (non-hydrogen) atoms. The molecule has 1 saturated carbocycles. The van der Waals surface area contributed by atoms with Crippen LogP contribution in [-0.2, 0) is 34.8 Å². The molecule has 4 atom stereocenters. The van der Waals surface area contributed by atoms with Crippen LogP contribution in [0.3, 0.4) is 0 Å². The van der Waals surface area contributed by atoms with E-state index in [0.717, 1.165) is 11.1 Å². The third-order valence-corrected chi connectivity index (χ3v) is 6.84. The molecular formula is C26H29NO5. The van der Waals surface area contributed by atoms with E-state index in [0.29, 0.717) is 13.0 Å². The van der Waals surface area contributed by atoms with Crippen LogP contribution in [0, 0.1) is 5.41 Å². The van der Waals surface area contributed by atoms with E-state index in [4.69, 9.17) is 19.2 Å². The molecule has 6 nitrogen and oxygen atoms in total. The Morgan fingerprint density at radius 3 is 2.09 bits per heavy atom. The minimum Gasteiger partial charge on any atom is -0.479 e. The number of benzene rings is 2. The molecule has 1 aliphatic carbocycles. The van der Waals surface area contributed by atoms with Crippen molar-refractivity contribution in [3.05, 3.63) is 71.8 Å². The summed E-state index contributed by atoms with van der Waals surface area (Å²) in [4.78, 5) is 31.0. The number of fused-ring (bicyclic) bond motifs is 1. The predicted octanol–water partition coefficient (Wildman–Crippen LogP) is 4.17. The first-order valence-corrected chi connectivity index (χ1v) is 11.1. The van der Waals surface area contributed by atoms with Gasteiger partial charge >= 0.3 is 11.9 Å². The van der Waals surface area contributed by atoms with Crippen LogP contribution in [0.2, 0.25) is 0 Å². The van der Waals surface area contributed by atoms with Gasteiger partial charge < -0.3 is 14.2 Å². The van der Waals surface area contributed by atoms with Crippen molar-refractivity contribution in [2.45, 2.75) is 51.2 Å². The standard InChI is InChI=1S/C26H29NO5/c1-5-30-22-21(32-18(3)28)25(23(29)31-6-2)17-24(4,19-13-9-7-10-14-19)26(25,27-22)20-15-11-8-12-16-20/h7-16,21H,5-6,17H2,1-4H3/t21-,24-,25-,26-/m1/s1. The Bertz CT molecular complexity index is 1040. The summed E-state index contributed by atoms with van der Waals surface area (Å²) < 4.78 is 17.3. The number of rotatable bonds is 6. The zero-order valence-corrected chi connectivity index (χ0v) is 19.0. The van der Waals surface area contributed by atoms with Crippen molar-refractivity contribution in [2.24, 2.45) is 10.4 Å². The maximum absolute atomic E-state index is 13.7. The molecular weight excluding hydrogens is 406 g/mol. The van der Waals surface area contributed by atoms with Crippen molar-refractivity contribution in [3.8, 4) is 0 Å². The molecule has 168 valence electrons. The largest absolute Gasteiger partial charge is 0.479 e. The van der Waals surface area contributed by atoms with Gasteiger partial charge in [-0.25, -0.2) is 4.99 Å². The van der Waals surface area contributed by atoms with Crippen LogP contribution in [0.5, 0.6) is 0 Å². The van der Waals surface area contributed by atoms with Crippen LogP contribution >= 0.6 is 0 Å². The summed E-state index contributed by atoms with van der Waals surface area (Å²) in [5.41, 5.74) is -0.936. The fourth-order valence-corrected chi connectivity index (χ4v) is 5.74. The summed E-state index contributed by atoms with van der Waals surface area (Å²) in [5, 5.41) is 0. The van der Waals surface area contributed by atoms with Gasteiger partial charge in [0.15, 0.2) is 6.10 Å². The molecule has 0 radical (unpaired) electrons. The molecule has 4 rings (SSSR count). The topological polar surface area (TPSA) is 74.2 Å². The fraction of sp³-hybridized carbons (Fsp3) is 0.423. The zero-order chi connectivity index (χ0) is 23.0. The van der Waals surface area contributed by atoms with E-state index >= 15 is 0 Å². The second kappa shape index (κ2) is 8.08. The number of esters is 2. The highest BCUT2D eigenvalue weighted by molar-refractivity contribution is 5.99. The summed E-state index contributed by atoms with van der Waals surface area (Å²) >= 11 is 0. The summed E-state index contributed by atoms with van der Waals surface area (Å²) in [6.07, 6.45) is -0.563. The van der Waals surface area contributed by atoms with Crippen molar-refractivity contribution in [2.75, 3.05) is 13.2 Å². The van der Waals surface area contributed by atoms with Crippen LogP contribution in [0.4, 0.5) is 0 Å². The lowest BCUT2D eigenvalue weighted by molar-refractivity contribution is -0.200. The van der Waals surface area contributed by atoms with Gasteiger partial charge in [0, 0.05) is 12.3 Å². The molecule has 1 fully saturated rings. The van der Waals surface area contributed by atoms with E-state index < -0.39 is 34.4 Å². The predicted molar refractivity (Wildman–Crippen MR) is 120 cm³/mol. The number of carbonyl (C=O) groups excluding carboxylic acids is 2. The highest BCUT2D eigenvalue weighted by Crippen LogP contribution is 2.74. The van der Waals surface area contributed by atoms with Crippen molar-refractivity contribution in [3.63, 3.8) is 0 Å². The Morgan fingerprint density at radius 1 is 0.969 bits per heavy atom. The van der Waals surface area contributed by atoms with Gasteiger partial charge in [-0.05, 0) is 31.4 Å². The third-order valence-electron chi connectivity index (χ3n) is 6.84. The van der Waals surface area contributed by atoms with Crippen LogP contribution in [-0.4, -0.2) is 37.2 Å². The number of hydrogen-bond acceptors (Lipinski definition) is 6. The van der Waals surface area contributed by atoms with Gasteiger partial charge in [-0.3, -0.25) is 9.59 Å². The molecule has 0 spiro atoms. The van der Waals surface area contributed by atoms with Gasteiger partial charge in [-0.15, -0.1) is 0 Å². The minimum absolute atomic E-state index is 0.213. The monoisotopic (exact) mass is 435 g/mol. The summed E-state index contributed by atoms with van der Waals surface area (Å²) in [6, 6.07) is 19.8. The maximum Gasteiger partial charge on any atom is 0.319 e. The molecule has 0 unspecified atom stereocenters. The molecule has 1 heterocycles. The van der Waals surface area contributed by atoms with Crippen LogP contribution in [0.1, 0.15) is 45.2 Å². The molecule has 2 aromatic rings. The lowest BCUT2D eigenvalue weighted by Gasteiger charge is -2.64. The first-order valence-electron chi connectivity index (χ1n) is 11.1. The second-order valence-electron chi connectivity index (χ2n) is 8.52. The van der Waals surface area contributed by atoms with E-state index in [1.807, 2.05) is 55.5 Å². The van der Waals surface area contributed by atoms with Crippen molar-refractivity contribution in [1.29, 1.82) is 0 Å². The molecule has 2 aromatic carbocycles. The summed E-state index contributed by atoms with van der Waals surface area (Å²) in [5.74, 6) is -0.663. The Kier molecular flexibility index (Phi) is 5.57. The Balaban J connectivity index is 2.03. The Morgan fingerprint density at radius 2 is 1.56 bits per heavy atom. The number of hydrogen-bond donors (Lipinski definition) is 0. The van der Waals surface area contributed by atoms with E-state index in [-0.39, 0.29) is 12.5 Å². The second-order valence-corrected chi connectivity index (χ2v) is 8.52. The van der Waals surface area contributed by atoms with Crippen LogP contribution < -0.4 is 0 Å². The Hall–Kier alpha value is -3.15. The SMILES string of the molecule is CCOC(=O)[C@]12C[C@](C)(c3ccccc3)[C@@]1(c1ccccc1)N=C(OCC)[C@H]2OC(C)=O. The summed E-state index contributed by atoms with van der Waals surface area (Å²) in [6.45, 7) is 7.60. The highest BCUT2D eigenvalue weighted by Gasteiger charge is 2.84. The summed E-state index contributed by atoms with van der Waals surface area (Å²) in [7, 11) is 0. The lowest BCUT2D eigenvalue weighted by atomic mass is 9.37.